The fourth-order valence-corrected chi connectivity index (χ4v) is 6.48. The average Bonchev–Trinajstić information content (AvgIpc) is 3.35. The van der Waals surface area contributed by atoms with Crippen molar-refractivity contribution in [2.45, 2.75) is 42.0 Å². The summed E-state index contributed by atoms with van der Waals surface area (Å²) in [4.78, 5) is 42.3. The van der Waals surface area contributed by atoms with Crippen molar-refractivity contribution in [3.8, 4) is 0 Å². The molecule has 1 aromatic carbocycles. The number of halogens is 1. The van der Waals surface area contributed by atoms with Crippen LogP contribution in [0.1, 0.15) is 18.4 Å². The van der Waals surface area contributed by atoms with Gasteiger partial charge >= 0.3 is 5.97 Å². The summed E-state index contributed by atoms with van der Waals surface area (Å²) in [6.07, 6.45) is 1.62. The predicted molar refractivity (Wildman–Crippen MR) is 119 cm³/mol. The maximum Gasteiger partial charge on any atom is 0.310 e. The third-order valence-electron chi connectivity index (χ3n) is 6.74. The van der Waals surface area contributed by atoms with Crippen molar-refractivity contribution < 1.29 is 29.3 Å². The summed E-state index contributed by atoms with van der Waals surface area (Å²) in [5.41, 5.74) is -0.275. The molecule has 3 aliphatic heterocycles. The third kappa shape index (κ3) is 3.56. The van der Waals surface area contributed by atoms with E-state index in [-0.39, 0.29) is 42.8 Å². The normalized spacial score (nSPS) is 32.8. The lowest BCUT2D eigenvalue weighted by Crippen LogP contribution is -2.56. The van der Waals surface area contributed by atoms with E-state index < -0.39 is 35.6 Å². The number of likely N-dealkylation sites (tertiary alicyclic amines) is 1. The number of carbonyl (C=O) groups is 3. The zero-order chi connectivity index (χ0) is 23.0. The second-order valence-electron chi connectivity index (χ2n) is 8.60. The molecule has 8 nitrogen and oxygen atoms in total. The van der Waals surface area contributed by atoms with Crippen LogP contribution in [0.4, 0.5) is 0 Å². The molecule has 0 aliphatic carbocycles. The molecule has 2 N–H and O–H groups in total. The van der Waals surface area contributed by atoms with E-state index in [0.29, 0.717) is 13.0 Å². The number of aliphatic carboxylic acids is 1. The standard InChI is InChI=1S/C23H27BrN2O6/c1-2-9-25(13-14-7-4-3-5-8-14)21(29)19-23-12-15(24)18(32-23)16(22(30)31)17(23)20(28)26(19)10-6-11-27/h2-5,7-8,15-19,27H,1,6,9-13H2,(H,30,31)/t15?,16-,17+,18-,19?,23?/m1/s1. The Kier molecular flexibility index (Phi) is 6.42. The number of carboxylic acids is 1. The SMILES string of the molecule is C=CCN(Cc1ccccc1)C(=O)C1N(CCCO)C(=O)[C@@H]2[C@@H](C(=O)O)[C@@H]3OC12CC3Br. The summed E-state index contributed by atoms with van der Waals surface area (Å²) < 4.78 is 6.24. The fraction of sp³-hybridized carbons (Fsp3) is 0.522. The van der Waals surface area contributed by atoms with E-state index in [1.165, 1.54) is 4.90 Å². The van der Waals surface area contributed by atoms with Crippen LogP contribution in [0.2, 0.25) is 0 Å². The van der Waals surface area contributed by atoms with E-state index in [9.17, 15) is 24.6 Å². The summed E-state index contributed by atoms with van der Waals surface area (Å²) in [6, 6.07) is 8.56. The first-order chi connectivity index (χ1) is 15.4. The van der Waals surface area contributed by atoms with Crippen LogP contribution in [0.5, 0.6) is 0 Å². The van der Waals surface area contributed by atoms with Gasteiger partial charge in [-0.05, 0) is 18.4 Å². The van der Waals surface area contributed by atoms with Gasteiger partial charge in [-0.1, -0.05) is 52.3 Å². The van der Waals surface area contributed by atoms with Crippen LogP contribution in [0.3, 0.4) is 0 Å². The number of ether oxygens (including phenoxy) is 1. The van der Waals surface area contributed by atoms with Crippen molar-refractivity contribution in [3.05, 3.63) is 48.6 Å². The topological polar surface area (TPSA) is 107 Å². The zero-order valence-electron chi connectivity index (χ0n) is 17.6. The van der Waals surface area contributed by atoms with Gasteiger partial charge in [0.25, 0.3) is 0 Å². The Balaban J connectivity index is 1.73. The van der Waals surface area contributed by atoms with E-state index in [0.717, 1.165) is 5.56 Å². The molecule has 9 heteroatoms. The molecule has 1 spiro atoms. The van der Waals surface area contributed by atoms with Crippen molar-refractivity contribution in [1.29, 1.82) is 0 Å². The second-order valence-corrected chi connectivity index (χ2v) is 9.78. The number of benzene rings is 1. The van der Waals surface area contributed by atoms with Crippen molar-refractivity contribution in [2.24, 2.45) is 11.8 Å². The monoisotopic (exact) mass is 506 g/mol. The maximum absolute atomic E-state index is 13.9. The van der Waals surface area contributed by atoms with E-state index >= 15 is 0 Å². The van der Waals surface area contributed by atoms with Crippen LogP contribution in [0.15, 0.2) is 43.0 Å². The van der Waals surface area contributed by atoms with Crippen molar-refractivity contribution in [1.82, 2.24) is 9.80 Å². The minimum absolute atomic E-state index is 0.143. The summed E-state index contributed by atoms with van der Waals surface area (Å²) in [6.45, 7) is 4.39. The number of rotatable bonds is 9. The van der Waals surface area contributed by atoms with Gasteiger partial charge in [0.05, 0.1) is 17.9 Å². The Morgan fingerprint density at radius 2 is 2.06 bits per heavy atom. The number of alkyl halides is 1. The lowest BCUT2D eigenvalue weighted by Gasteiger charge is -2.37. The molecule has 0 saturated carbocycles. The molecule has 4 rings (SSSR count). The molecule has 2 amide bonds. The lowest BCUT2D eigenvalue weighted by atomic mass is 9.70. The Bertz CT molecular complexity index is 911. The number of aliphatic hydroxyl groups excluding tert-OH is 1. The Hall–Kier alpha value is -2.23. The highest BCUT2D eigenvalue weighted by atomic mass is 79.9. The van der Waals surface area contributed by atoms with Crippen LogP contribution in [-0.2, 0) is 25.7 Å². The van der Waals surface area contributed by atoms with Gasteiger partial charge in [-0.15, -0.1) is 6.58 Å². The third-order valence-corrected chi connectivity index (χ3v) is 7.59. The van der Waals surface area contributed by atoms with Gasteiger partial charge < -0.3 is 24.7 Å². The van der Waals surface area contributed by atoms with Crippen LogP contribution < -0.4 is 0 Å². The number of carboxylic acid groups (broad SMARTS) is 1. The molecule has 0 aromatic heterocycles. The molecule has 32 heavy (non-hydrogen) atoms. The highest BCUT2D eigenvalue weighted by Gasteiger charge is 2.76. The molecule has 6 atom stereocenters. The predicted octanol–water partition coefficient (Wildman–Crippen LogP) is 1.42. The van der Waals surface area contributed by atoms with Gasteiger partial charge in [0.1, 0.15) is 11.6 Å². The quantitative estimate of drug-likeness (QED) is 0.387. The molecule has 3 saturated heterocycles. The Morgan fingerprint density at radius 3 is 2.69 bits per heavy atom. The lowest BCUT2D eigenvalue weighted by molar-refractivity contribution is -0.151. The van der Waals surface area contributed by atoms with Gasteiger partial charge in [-0.25, -0.2) is 0 Å². The molecule has 3 fully saturated rings. The van der Waals surface area contributed by atoms with Gasteiger partial charge in [0.2, 0.25) is 11.8 Å². The van der Waals surface area contributed by atoms with Crippen LogP contribution >= 0.6 is 15.9 Å². The first-order valence-electron chi connectivity index (χ1n) is 10.8. The fourth-order valence-electron chi connectivity index (χ4n) is 5.54. The Morgan fingerprint density at radius 1 is 1.34 bits per heavy atom. The molecule has 0 radical (unpaired) electrons. The van der Waals surface area contributed by atoms with Gasteiger partial charge in [-0.2, -0.15) is 0 Å². The largest absolute Gasteiger partial charge is 0.481 e. The number of nitrogens with zero attached hydrogens (tertiary/aromatic N) is 2. The minimum atomic E-state index is -1.21. The first kappa shape index (κ1) is 22.9. The number of carbonyl (C=O) groups excluding carboxylic acids is 2. The van der Waals surface area contributed by atoms with E-state index in [4.69, 9.17) is 4.74 Å². The highest BCUT2D eigenvalue weighted by molar-refractivity contribution is 9.09. The Labute approximate surface area is 195 Å². The number of hydrogen-bond donors (Lipinski definition) is 2. The first-order valence-corrected chi connectivity index (χ1v) is 11.7. The van der Waals surface area contributed by atoms with E-state index in [1.807, 2.05) is 30.3 Å². The zero-order valence-corrected chi connectivity index (χ0v) is 19.2. The van der Waals surface area contributed by atoms with Gasteiger partial charge in [0.15, 0.2) is 0 Å². The summed E-state index contributed by atoms with van der Waals surface area (Å²) in [5.74, 6) is -3.72. The second kappa shape index (κ2) is 8.96. The summed E-state index contributed by atoms with van der Waals surface area (Å²) in [5, 5.41) is 19.2. The van der Waals surface area contributed by atoms with Crippen molar-refractivity contribution in [2.75, 3.05) is 19.7 Å². The molecular weight excluding hydrogens is 480 g/mol. The molecule has 3 heterocycles. The maximum atomic E-state index is 13.9. The molecular formula is C23H27BrN2O6. The average molecular weight is 507 g/mol. The van der Waals surface area contributed by atoms with E-state index in [2.05, 4.69) is 22.5 Å². The van der Waals surface area contributed by atoms with E-state index in [1.54, 1.807) is 11.0 Å². The number of hydrogen-bond acceptors (Lipinski definition) is 5. The minimum Gasteiger partial charge on any atom is -0.481 e. The highest BCUT2D eigenvalue weighted by Crippen LogP contribution is 2.60. The van der Waals surface area contributed by atoms with Crippen LogP contribution in [0.25, 0.3) is 0 Å². The van der Waals surface area contributed by atoms with Gasteiger partial charge in [0, 0.05) is 31.1 Å². The summed E-state index contributed by atoms with van der Waals surface area (Å²) >= 11 is 3.53. The van der Waals surface area contributed by atoms with Crippen molar-refractivity contribution in [3.63, 3.8) is 0 Å². The summed E-state index contributed by atoms with van der Waals surface area (Å²) in [7, 11) is 0. The molecule has 1 aromatic rings. The number of fused-ring (bicyclic) bond motifs is 1. The molecule has 3 unspecified atom stereocenters. The molecule has 3 aliphatic rings. The molecule has 172 valence electrons. The van der Waals surface area contributed by atoms with Gasteiger partial charge in [-0.3, -0.25) is 14.4 Å². The number of amides is 2. The molecule has 2 bridgehead atoms. The van der Waals surface area contributed by atoms with Crippen LogP contribution in [-0.4, -0.2) is 80.1 Å². The van der Waals surface area contributed by atoms with Crippen LogP contribution in [0, 0.1) is 11.8 Å². The van der Waals surface area contributed by atoms with Crippen molar-refractivity contribution >= 4 is 33.7 Å². The number of aliphatic hydroxyl groups is 1. The smallest absolute Gasteiger partial charge is 0.310 e.